The van der Waals surface area contributed by atoms with Crippen LogP contribution in [0.5, 0.6) is 0 Å². The predicted octanol–water partition coefficient (Wildman–Crippen LogP) is -1.13. The molecule has 0 amide bonds. The molecule has 0 aromatic carbocycles. The Bertz CT molecular complexity index is 843. The second-order valence-corrected chi connectivity index (χ2v) is 7.07. The molecule has 0 bridgehead atoms. The van der Waals surface area contributed by atoms with Crippen molar-refractivity contribution in [3.8, 4) is 0 Å². The monoisotopic (exact) mass is 473 g/mol. The number of ether oxygens (including phenoxy) is 6. The molecule has 1 aromatic heterocycles. The summed E-state index contributed by atoms with van der Waals surface area (Å²) in [7, 11) is 0. The van der Waals surface area contributed by atoms with E-state index in [1.165, 1.54) is 17.8 Å². The number of aliphatic hydroxyl groups is 1. The molecule has 0 radical (unpaired) electrons. The Hall–Kier alpha value is -3.10. The molecule has 0 aliphatic carbocycles. The van der Waals surface area contributed by atoms with Crippen LogP contribution in [0.3, 0.4) is 0 Å². The lowest BCUT2D eigenvalue weighted by Gasteiger charge is -2.44. The summed E-state index contributed by atoms with van der Waals surface area (Å²) in [5.74, 6) is -2.80. The van der Waals surface area contributed by atoms with Gasteiger partial charge in [-0.25, -0.2) is 4.68 Å². The van der Waals surface area contributed by atoms with Crippen molar-refractivity contribution in [1.29, 1.82) is 0 Å². The van der Waals surface area contributed by atoms with Crippen molar-refractivity contribution in [1.82, 2.24) is 15.0 Å². The van der Waals surface area contributed by atoms with Gasteiger partial charge in [-0.3, -0.25) is 19.2 Å². The second kappa shape index (κ2) is 12.2. The van der Waals surface area contributed by atoms with Crippen molar-refractivity contribution in [3.63, 3.8) is 0 Å². The minimum absolute atomic E-state index is 0.0119. The highest BCUT2D eigenvalue weighted by atomic mass is 16.7. The molecule has 14 heteroatoms. The third-order valence-electron chi connectivity index (χ3n) is 4.30. The molecule has 184 valence electrons. The van der Waals surface area contributed by atoms with Crippen LogP contribution in [-0.4, -0.2) is 87.9 Å². The first kappa shape index (κ1) is 26.2. The van der Waals surface area contributed by atoms with Gasteiger partial charge in [0.05, 0.1) is 26.0 Å². The van der Waals surface area contributed by atoms with Crippen molar-refractivity contribution in [2.24, 2.45) is 0 Å². The predicted molar refractivity (Wildman–Crippen MR) is 104 cm³/mol. The van der Waals surface area contributed by atoms with Crippen molar-refractivity contribution in [2.75, 3.05) is 13.2 Å². The summed E-state index contributed by atoms with van der Waals surface area (Å²) in [6.07, 6.45) is -4.71. The molecule has 2 unspecified atom stereocenters. The van der Waals surface area contributed by atoms with Gasteiger partial charge in [0, 0.05) is 27.7 Å². The van der Waals surface area contributed by atoms with Gasteiger partial charge in [0.1, 0.15) is 18.4 Å². The van der Waals surface area contributed by atoms with Crippen molar-refractivity contribution < 1.29 is 52.7 Å². The Morgan fingerprint density at radius 1 is 0.970 bits per heavy atom. The summed E-state index contributed by atoms with van der Waals surface area (Å²) in [5.41, 5.74) is 0.363. The standard InChI is InChI=1S/C19H27N3O11/c1-10(24)29-9-15-16(30-11(2)25)17(31-12(3)26)18(32-13(4)27)19(33-15)28-6-5-22-7-14(8-23)20-21-22/h7,15-19,23H,5-6,8-9H2,1-4H3/t15?,16-,17?,18-,19-/m1/s1. The normalized spacial score (nSPS) is 24.6. The first-order valence-corrected chi connectivity index (χ1v) is 10.0. The first-order chi connectivity index (χ1) is 15.6. The number of aliphatic hydroxyl groups excluding tert-OH is 1. The molecule has 0 saturated carbocycles. The fraction of sp³-hybridized carbons (Fsp3) is 0.684. The van der Waals surface area contributed by atoms with Crippen molar-refractivity contribution in [3.05, 3.63) is 11.9 Å². The summed E-state index contributed by atoms with van der Waals surface area (Å²) in [4.78, 5) is 46.5. The van der Waals surface area contributed by atoms with E-state index in [0.29, 0.717) is 5.69 Å². The van der Waals surface area contributed by atoms with Crippen molar-refractivity contribution in [2.45, 2.75) is 71.6 Å². The molecular weight excluding hydrogens is 446 g/mol. The Kier molecular flexibility index (Phi) is 9.69. The number of carbonyl (C=O) groups excluding carboxylic acids is 4. The zero-order valence-corrected chi connectivity index (χ0v) is 18.7. The zero-order chi connectivity index (χ0) is 24.5. The molecule has 33 heavy (non-hydrogen) atoms. The minimum atomic E-state index is -1.30. The Morgan fingerprint density at radius 3 is 2.12 bits per heavy atom. The third kappa shape index (κ3) is 8.07. The number of esters is 4. The van der Waals surface area contributed by atoms with Crippen LogP contribution in [0, 0.1) is 0 Å². The van der Waals surface area contributed by atoms with Gasteiger partial charge < -0.3 is 33.5 Å². The Labute approximate surface area is 189 Å². The molecule has 1 aliphatic rings. The van der Waals surface area contributed by atoms with E-state index in [0.717, 1.165) is 20.8 Å². The van der Waals surface area contributed by atoms with Gasteiger partial charge in [-0.05, 0) is 0 Å². The lowest BCUT2D eigenvalue weighted by atomic mass is 9.98. The quantitative estimate of drug-likeness (QED) is 0.319. The molecule has 0 spiro atoms. The minimum Gasteiger partial charge on any atom is -0.463 e. The largest absolute Gasteiger partial charge is 0.463 e. The van der Waals surface area contributed by atoms with Gasteiger partial charge in [-0.2, -0.15) is 0 Å². The van der Waals surface area contributed by atoms with Gasteiger partial charge in [0.15, 0.2) is 24.6 Å². The van der Waals surface area contributed by atoms with Crippen LogP contribution in [0.15, 0.2) is 6.20 Å². The average molecular weight is 473 g/mol. The maximum Gasteiger partial charge on any atom is 0.303 e. The number of nitrogens with zero attached hydrogens (tertiary/aromatic N) is 3. The third-order valence-corrected chi connectivity index (χ3v) is 4.30. The maximum absolute atomic E-state index is 11.8. The highest BCUT2D eigenvalue weighted by Crippen LogP contribution is 2.30. The van der Waals surface area contributed by atoms with Gasteiger partial charge in [0.2, 0.25) is 0 Å². The van der Waals surface area contributed by atoms with Gasteiger partial charge in [0.25, 0.3) is 0 Å². The van der Waals surface area contributed by atoms with E-state index in [9.17, 15) is 19.2 Å². The van der Waals surface area contributed by atoms with Crippen LogP contribution >= 0.6 is 0 Å². The van der Waals surface area contributed by atoms with Crippen LogP contribution in [0.25, 0.3) is 0 Å². The lowest BCUT2D eigenvalue weighted by molar-refractivity contribution is -0.308. The molecule has 1 aliphatic heterocycles. The molecule has 14 nitrogen and oxygen atoms in total. The summed E-state index contributed by atoms with van der Waals surface area (Å²) >= 11 is 0. The van der Waals surface area contributed by atoms with E-state index in [-0.39, 0.29) is 26.4 Å². The Morgan fingerprint density at radius 2 is 1.58 bits per heavy atom. The van der Waals surface area contributed by atoms with Crippen LogP contribution < -0.4 is 0 Å². The maximum atomic E-state index is 11.8. The van der Waals surface area contributed by atoms with E-state index >= 15 is 0 Å². The van der Waals surface area contributed by atoms with Crippen molar-refractivity contribution >= 4 is 23.9 Å². The van der Waals surface area contributed by atoms with Crippen LogP contribution in [0.2, 0.25) is 0 Å². The smallest absolute Gasteiger partial charge is 0.303 e. The van der Waals surface area contributed by atoms with Crippen LogP contribution in [0.1, 0.15) is 33.4 Å². The summed E-state index contributed by atoms with van der Waals surface area (Å²) < 4.78 is 33.8. The van der Waals surface area contributed by atoms with E-state index in [4.69, 9.17) is 33.5 Å². The summed E-state index contributed by atoms with van der Waals surface area (Å²) in [6.45, 7) is 4.14. The van der Waals surface area contributed by atoms with Crippen LogP contribution in [-0.2, 0) is 60.8 Å². The molecular formula is C19H27N3O11. The van der Waals surface area contributed by atoms with Crippen LogP contribution in [0.4, 0.5) is 0 Å². The fourth-order valence-electron chi connectivity index (χ4n) is 3.11. The summed E-state index contributed by atoms with van der Waals surface area (Å²) in [6, 6.07) is 0. The molecule has 1 saturated heterocycles. The number of rotatable bonds is 10. The van der Waals surface area contributed by atoms with E-state index < -0.39 is 54.6 Å². The highest BCUT2D eigenvalue weighted by Gasteiger charge is 2.52. The SMILES string of the molecule is CC(=O)OCC1O[C@@H](OCCn2cc(CO)nn2)[C@H](OC(C)=O)C(OC(C)=O)[C@@H]1OC(C)=O. The molecule has 1 fully saturated rings. The average Bonchev–Trinajstić information content (AvgIpc) is 3.17. The lowest BCUT2D eigenvalue weighted by Crippen LogP contribution is -2.63. The molecule has 1 N–H and O–H groups in total. The van der Waals surface area contributed by atoms with E-state index in [1.54, 1.807) is 0 Å². The molecule has 2 heterocycles. The van der Waals surface area contributed by atoms with E-state index in [1.807, 2.05) is 0 Å². The molecule has 5 atom stereocenters. The molecule has 2 rings (SSSR count). The zero-order valence-electron chi connectivity index (χ0n) is 18.7. The number of aromatic nitrogens is 3. The number of hydrogen-bond acceptors (Lipinski definition) is 13. The summed E-state index contributed by atoms with van der Waals surface area (Å²) in [5, 5.41) is 16.6. The number of hydrogen-bond donors (Lipinski definition) is 1. The topological polar surface area (TPSA) is 175 Å². The molecule has 1 aromatic rings. The second-order valence-electron chi connectivity index (χ2n) is 7.07. The van der Waals surface area contributed by atoms with E-state index in [2.05, 4.69) is 10.3 Å². The van der Waals surface area contributed by atoms with Gasteiger partial charge in [-0.15, -0.1) is 5.10 Å². The van der Waals surface area contributed by atoms with Gasteiger partial charge in [-0.1, -0.05) is 5.21 Å². The number of carbonyl (C=O) groups is 4. The highest BCUT2D eigenvalue weighted by molar-refractivity contribution is 5.68. The Balaban J connectivity index is 2.26. The fourth-order valence-corrected chi connectivity index (χ4v) is 3.11. The first-order valence-electron chi connectivity index (χ1n) is 10.0. The van der Waals surface area contributed by atoms with Gasteiger partial charge >= 0.3 is 23.9 Å².